The van der Waals surface area contributed by atoms with E-state index in [1.54, 1.807) is 12.1 Å². The lowest BCUT2D eigenvalue weighted by Gasteiger charge is -2.21. The number of methoxy groups -OCH3 is 3. The second-order valence-electron chi connectivity index (χ2n) is 5.90. The number of carbonyl (C=O) groups is 2. The molecule has 2 rings (SSSR count). The van der Waals surface area contributed by atoms with Gasteiger partial charge < -0.3 is 24.4 Å². The van der Waals surface area contributed by atoms with Gasteiger partial charge in [0, 0.05) is 30.4 Å². The minimum atomic E-state index is -0.347. The minimum Gasteiger partial charge on any atom is -0.493 e. The van der Waals surface area contributed by atoms with Crippen molar-refractivity contribution in [2.24, 2.45) is 0 Å². The molecule has 0 aliphatic carbocycles. The summed E-state index contributed by atoms with van der Waals surface area (Å²) in [5.41, 5.74) is 2.21. The Morgan fingerprint density at radius 3 is 1.96 bits per heavy atom. The predicted octanol–water partition coefficient (Wildman–Crippen LogP) is 3.01. The largest absolute Gasteiger partial charge is 0.493 e. The van der Waals surface area contributed by atoms with Crippen molar-refractivity contribution in [1.29, 1.82) is 0 Å². The van der Waals surface area contributed by atoms with Gasteiger partial charge >= 0.3 is 0 Å². The first-order chi connectivity index (χ1) is 12.9. The Labute approximate surface area is 158 Å². The maximum atomic E-state index is 12.5. The number of amides is 2. The number of rotatable bonds is 7. The van der Waals surface area contributed by atoms with Crippen molar-refractivity contribution in [3.8, 4) is 17.2 Å². The fraction of sp³-hybridized carbons (Fsp3) is 0.300. The molecule has 7 heteroatoms. The summed E-state index contributed by atoms with van der Waals surface area (Å²) in [6, 6.07) is 10.7. The number of carbonyl (C=O) groups excluding carboxylic acids is 2. The zero-order valence-electron chi connectivity index (χ0n) is 16.2. The topological polar surface area (TPSA) is 77.1 Å². The molecular weight excluding hydrogens is 348 g/mol. The van der Waals surface area contributed by atoms with Gasteiger partial charge in [0.2, 0.25) is 17.6 Å². The van der Waals surface area contributed by atoms with E-state index in [9.17, 15) is 9.59 Å². The van der Waals surface area contributed by atoms with Gasteiger partial charge in [0.15, 0.2) is 11.5 Å². The van der Waals surface area contributed by atoms with Crippen LogP contribution in [-0.4, -0.2) is 39.7 Å². The van der Waals surface area contributed by atoms with Gasteiger partial charge in [-0.2, -0.15) is 0 Å². The molecule has 0 radical (unpaired) electrons. The number of nitrogens with one attached hydrogen (secondary N) is 1. The first kappa shape index (κ1) is 20.1. The number of benzene rings is 2. The number of nitrogens with zero attached hydrogens (tertiary/aromatic N) is 1. The van der Waals surface area contributed by atoms with E-state index in [1.807, 2.05) is 31.2 Å². The van der Waals surface area contributed by atoms with Crippen molar-refractivity contribution >= 4 is 23.2 Å². The normalized spacial score (nSPS) is 10.1. The molecule has 0 aromatic heterocycles. The van der Waals surface area contributed by atoms with Gasteiger partial charge in [0.25, 0.3) is 0 Å². The first-order valence-electron chi connectivity index (χ1n) is 8.34. The van der Waals surface area contributed by atoms with Gasteiger partial charge in [-0.3, -0.25) is 9.59 Å². The SMILES string of the molecule is COc1cc(NC(=O)CN(C(C)=O)c2ccc(C)cc2)cc(OC)c1OC. The third-order valence-corrected chi connectivity index (χ3v) is 3.98. The second kappa shape index (κ2) is 8.93. The van der Waals surface area contributed by atoms with Crippen LogP contribution in [0.15, 0.2) is 36.4 Å². The maximum Gasteiger partial charge on any atom is 0.244 e. The summed E-state index contributed by atoms with van der Waals surface area (Å²) >= 11 is 0. The van der Waals surface area contributed by atoms with E-state index in [0.29, 0.717) is 28.6 Å². The lowest BCUT2D eigenvalue weighted by molar-refractivity contribution is -0.120. The third-order valence-electron chi connectivity index (χ3n) is 3.98. The summed E-state index contributed by atoms with van der Waals surface area (Å²) in [4.78, 5) is 25.9. The molecule has 0 saturated heterocycles. The summed E-state index contributed by atoms with van der Waals surface area (Å²) in [6.07, 6.45) is 0. The van der Waals surface area contributed by atoms with Crippen LogP contribution in [0, 0.1) is 6.92 Å². The Kier molecular flexibility index (Phi) is 6.65. The molecule has 7 nitrogen and oxygen atoms in total. The van der Waals surface area contributed by atoms with Crippen LogP contribution < -0.4 is 24.4 Å². The number of hydrogen-bond acceptors (Lipinski definition) is 5. The zero-order valence-corrected chi connectivity index (χ0v) is 16.2. The first-order valence-corrected chi connectivity index (χ1v) is 8.34. The molecule has 144 valence electrons. The van der Waals surface area contributed by atoms with Gasteiger partial charge in [-0.05, 0) is 19.1 Å². The van der Waals surface area contributed by atoms with E-state index in [4.69, 9.17) is 14.2 Å². The van der Waals surface area contributed by atoms with Crippen molar-refractivity contribution in [3.05, 3.63) is 42.0 Å². The van der Waals surface area contributed by atoms with Crippen molar-refractivity contribution in [2.45, 2.75) is 13.8 Å². The molecule has 2 amide bonds. The van der Waals surface area contributed by atoms with Crippen LogP contribution >= 0.6 is 0 Å². The summed E-state index contributed by atoms with van der Waals surface area (Å²) in [5, 5.41) is 2.76. The molecule has 0 aliphatic heterocycles. The Balaban J connectivity index is 2.20. The van der Waals surface area contributed by atoms with Gasteiger partial charge in [-0.25, -0.2) is 0 Å². The second-order valence-corrected chi connectivity index (χ2v) is 5.90. The highest BCUT2D eigenvalue weighted by Gasteiger charge is 2.18. The van der Waals surface area contributed by atoms with E-state index in [1.165, 1.54) is 33.2 Å². The summed E-state index contributed by atoms with van der Waals surface area (Å²) < 4.78 is 15.8. The van der Waals surface area contributed by atoms with E-state index in [-0.39, 0.29) is 18.4 Å². The molecule has 2 aromatic rings. The fourth-order valence-electron chi connectivity index (χ4n) is 2.61. The average molecular weight is 372 g/mol. The van der Waals surface area contributed by atoms with Crippen LogP contribution in [-0.2, 0) is 9.59 Å². The fourth-order valence-corrected chi connectivity index (χ4v) is 2.61. The van der Waals surface area contributed by atoms with Crippen LogP contribution in [0.2, 0.25) is 0 Å². The highest BCUT2D eigenvalue weighted by atomic mass is 16.5. The monoisotopic (exact) mass is 372 g/mol. The smallest absolute Gasteiger partial charge is 0.244 e. The Hall–Kier alpha value is -3.22. The Morgan fingerprint density at radius 1 is 0.963 bits per heavy atom. The zero-order chi connectivity index (χ0) is 20.0. The van der Waals surface area contributed by atoms with Crippen molar-refractivity contribution < 1.29 is 23.8 Å². The molecular formula is C20H24N2O5. The van der Waals surface area contributed by atoms with Gasteiger partial charge in [0.1, 0.15) is 6.54 Å². The molecule has 0 heterocycles. The molecule has 0 fully saturated rings. The highest BCUT2D eigenvalue weighted by Crippen LogP contribution is 2.39. The molecule has 0 spiro atoms. The molecule has 0 bridgehead atoms. The van der Waals surface area contributed by atoms with E-state index < -0.39 is 0 Å². The quantitative estimate of drug-likeness (QED) is 0.808. The van der Waals surface area contributed by atoms with Gasteiger partial charge in [-0.15, -0.1) is 0 Å². The molecule has 0 unspecified atom stereocenters. The van der Waals surface area contributed by atoms with Crippen molar-refractivity contribution in [3.63, 3.8) is 0 Å². The van der Waals surface area contributed by atoms with Crippen LogP contribution in [0.1, 0.15) is 12.5 Å². The third kappa shape index (κ3) is 4.91. The summed E-state index contributed by atoms with van der Waals surface area (Å²) in [7, 11) is 4.50. The van der Waals surface area contributed by atoms with Crippen LogP contribution in [0.3, 0.4) is 0 Å². The van der Waals surface area contributed by atoms with Crippen molar-refractivity contribution in [1.82, 2.24) is 0 Å². The number of aryl methyl sites for hydroxylation is 1. The molecule has 0 aliphatic rings. The summed E-state index contributed by atoms with van der Waals surface area (Å²) in [6.45, 7) is 3.26. The maximum absolute atomic E-state index is 12.5. The molecule has 27 heavy (non-hydrogen) atoms. The molecule has 1 N–H and O–H groups in total. The molecule has 0 atom stereocenters. The van der Waals surface area contributed by atoms with Crippen molar-refractivity contribution in [2.75, 3.05) is 38.1 Å². The minimum absolute atomic E-state index is 0.116. The molecule has 2 aromatic carbocycles. The predicted molar refractivity (Wildman–Crippen MR) is 104 cm³/mol. The van der Waals surface area contributed by atoms with E-state index in [0.717, 1.165) is 5.56 Å². The standard InChI is InChI=1S/C20H24N2O5/c1-13-6-8-16(9-7-13)22(14(2)23)12-19(24)21-15-10-17(25-3)20(27-5)18(11-15)26-4/h6-11H,12H2,1-5H3,(H,21,24). The van der Waals surface area contributed by atoms with Crippen LogP contribution in [0.5, 0.6) is 17.2 Å². The highest BCUT2D eigenvalue weighted by molar-refractivity contribution is 6.02. The van der Waals surface area contributed by atoms with Crippen LogP contribution in [0.25, 0.3) is 0 Å². The number of anilines is 2. The Morgan fingerprint density at radius 2 is 1.52 bits per heavy atom. The van der Waals surface area contributed by atoms with Crippen LogP contribution in [0.4, 0.5) is 11.4 Å². The van der Waals surface area contributed by atoms with Gasteiger partial charge in [0.05, 0.1) is 21.3 Å². The molecule has 0 saturated carbocycles. The number of ether oxygens (including phenoxy) is 3. The number of hydrogen-bond donors (Lipinski definition) is 1. The average Bonchev–Trinajstić information content (AvgIpc) is 2.65. The van der Waals surface area contributed by atoms with E-state index >= 15 is 0 Å². The van der Waals surface area contributed by atoms with E-state index in [2.05, 4.69) is 5.32 Å². The Bertz CT molecular complexity index is 793. The van der Waals surface area contributed by atoms with Gasteiger partial charge in [-0.1, -0.05) is 17.7 Å². The lowest BCUT2D eigenvalue weighted by atomic mass is 10.2. The summed E-state index contributed by atoms with van der Waals surface area (Å²) in [5.74, 6) is 0.713. The lowest BCUT2D eigenvalue weighted by Crippen LogP contribution is -2.36.